The molecule has 144 valence electrons. The van der Waals surface area contributed by atoms with Crippen LogP contribution in [0, 0.1) is 20.8 Å². The second-order valence-electron chi connectivity index (χ2n) is 7.27. The Kier molecular flexibility index (Phi) is 4.89. The van der Waals surface area contributed by atoms with Gasteiger partial charge in [-0.2, -0.15) is 0 Å². The van der Waals surface area contributed by atoms with Gasteiger partial charge in [0.25, 0.3) is 0 Å². The van der Waals surface area contributed by atoms with Crippen molar-refractivity contribution in [1.82, 2.24) is 24.8 Å². The molecule has 0 spiro atoms. The number of aryl methyl sites for hydroxylation is 2. The van der Waals surface area contributed by atoms with E-state index in [0.717, 1.165) is 23.2 Å². The smallest absolute Gasteiger partial charge is 0.170 e. The molecule has 1 aliphatic heterocycles. The number of hydrogen-bond acceptors (Lipinski definition) is 3. The first-order chi connectivity index (χ1) is 13.5. The first-order valence-corrected chi connectivity index (χ1v) is 10.0. The second kappa shape index (κ2) is 7.36. The zero-order chi connectivity index (χ0) is 19.8. The van der Waals surface area contributed by atoms with Crippen LogP contribution in [0.1, 0.15) is 47.2 Å². The van der Waals surface area contributed by atoms with Gasteiger partial charge in [-0.15, -0.1) is 0 Å². The van der Waals surface area contributed by atoms with Gasteiger partial charge in [0, 0.05) is 30.3 Å². The third-order valence-corrected chi connectivity index (χ3v) is 5.81. The highest BCUT2D eigenvalue weighted by Gasteiger charge is 2.40. The van der Waals surface area contributed by atoms with Gasteiger partial charge in [-0.1, -0.05) is 6.07 Å². The predicted octanol–water partition coefficient (Wildman–Crippen LogP) is 4.18. The van der Waals surface area contributed by atoms with Gasteiger partial charge in [-0.05, 0) is 81.4 Å². The molecule has 0 bridgehead atoms. The highest BCUT2D eigenvalue weighted by molar-refractivity contribution is 7.80. The summed E-state index contributed by atoms with van der Waals surface area (Å²) in [6.45, 7) is 9.37. The van der Waals surface area contributed by atoms with Crippen molar-refractivity contribution in [2.24, 2.45) is 0 Å². The van der Waals surface area contributed by atoms with Gasteiger partial charge in [-0.3, -0.25) is 4.98 Å². The van der Waals surface area contributed by atoms with E-state index in [4.69, 9.17) is 12.2 Å². The molecule has 0 radical (unpaired) electrons. The SMILES string of the molecule is CCN1C(=S)N[C@H](c2ccccn2)[C@@H]1c1cc(C)n(-c2cc(C)ccn2)c1C. The van der Waals surface area contributed by atoms with Crippen LogP contribution in [0.15, 0.2) is 48.8 Å². The largest absolute Gasteiger partial charge is 0.352 e. The number of pyridine rings is 2. The second-order valence-corrected chi connectivity index (χ2v) is 7.65. The van der Waals surface area contributed by atoms with Crippen molar-refractivity contribution in [2.45, 2.75) is 39.8 Å². The molecule has 0 aliphatic carbocycles. The van der Waals surface area contributed by atoms with Crippen molar-refractivity contribution in [3.63, 3.8) is 0 Å². The van der Waals surface area contributed by atoms with Crippen LogP contribution in [-0.2, 0) is 0 Å². The molecule has 0 aromatic carbocycles. The maximum absolute atomic E-state index is 5.66. The Morgan fingerprint density at radius 2 is 1.89 bits per heavy atom. The highest BCUT2D eigenvalue weighted by Crippen LogP contribution is 2.41. The average molecular weight is 392 g/mol. The summed E-state index contributed by atoms with van der Waals surface area (Å²) in [5.74, 6) is 0.951. The third-order valence-electron chi connectivity index (χ3n) is 5.46. The van der Waals surface area contributed by atoms with Gasteiger partial charge in [0.1, 0.15) is 5.82 Å². The van der Waals surface area contributed by atoms with Crippen LogP contribution < -0.4 is 5.32 Å². The highest BCUT2D eigenvalue weighted by atomic mass is 32.1. The summed E-state index contributed by atoms with van der Waals surface area (Å²) >= 11 is 5.66. The van der Waals surface area contributed by atoms with Gasteiger partial charge in [0.05, 0.1) is 17.8 Å². The number of hydrogen-bond donors (Lipinski definition) is 1. The summed E-state index contributed by atoms with van der Waals surface area (Å²) in [5.41, 5.74) is 5.81. The topological polar surface area (TPSA) is 46.0 Å². The number of nitrogens with zero attached hydrogens (tertiary/aromatic N) is 4. The molecular formula is C22H25N5S. The summed E-state index contributed by atoms with van der Waals surface area (Å²) in [7, 11) is 0. The molecule has 6 heteroatoms. The van der Waals surface area contributed by atoms with Crippen LogP contribution in [-0.4, -0.2) is 31.1 Å². The molecule has 4 heterocycles. The molecule has 4 rings (SSSR count). The van der Waals surface area contributed by atoms with Gasteiger partial charge in [0.2, 0.25) is 0 Å². The van der Waals surface area contributed by atoms with Crippen LogP contribution in [0.2, 0.25) is 0 Å². The summed E-state index contributed by atoms with van der Waals surface area (Å²) in [4.78, 5) is 11.5. The van der Waals surface area contributed by atoms with Crippen molar-refractivity contribution in [1.29, 1.82) is 0 Å². The standard InChI is InChI=1S/C22H25N5S/c1-5-26-21(20(25-22(26)28)18-8-6-7-10-23-18)17-13-15(3)27(16(17)4)19-12-14(2)9-11-24-19/h6-13,20-21H,5H2,1-4H3,(H,25,28)/t20-,21+/m1/s1. The van der Waals surface area contributed by atoms with E-state index in [9.17, 15) is 0 Å². The fraction of sp³-hybridized carbons (Fsp3) is 0.318. The molecule has 0 amide bonds. The molecule has 0 unspecified atom stereocenters. The maximum Gasteiger partial charge on any atom is 0.170 e. The molecule has 3 aromatic rings. The number of nitrogens with one attached hydrogen (secondary N) is 1. The summed E-state index contributed by atoms with van der Waals surface area (Å²) in [5, 5.41) is 4.27. The summed E-state index contributed by atoms with van der Waals surface area (Å²) in [6, 6.07) is 12.6. The monoisotopic (exact) mass is 391 g/mol. The fourth-order valence-electron chi connectivity index (χ4n) is 4.17. The van der Waals surface area contributed by atoms with Crippen molar-refractivity contribution in [3.05, 3.63) is 77.0 Å². The number of likely N-dealkylation sites (N-methyl/N-ethyl adjacent to an activating group) is 1. The molecule has 5 nitrogen and oxygen atoms in total. The van der Waals surface area contributed by atoms with Crippen molar-refractivity contribution in [2.75, 3.05) is 6.54 Å². The van der Waals surface area contributed by atoms with E-state index in [1.165, 1.54) is 22.5 Å². The van der Waals surface area contributed by atoms with E-state index in [0.29, 0.717) is 0 Å². The first kappa shape index (κ1) is 18.6. The Morgan fingerprint density at radius 1 is 1.07 bits per heavy atom. The number of rotatable bonds is 4. The zero-order valence-corrected chi connectivity index (χ0v) is 17.5. The average Bonchev–Trinajstić information content (AvgIpc) is 3.17. The Bertz CT molecular complexity index is 1010. The molecule has 1 aliphatic rings. The fourth-order valence-corrected chi connectivity index (χ4v) is 4.54. The lowest BCUT2D eigenvalue weighted by atomic mass is 9.97. The zero-order valence-electron chi connectivity index (χ0n) is 16.7. The van der Waals surface area contributed by atoms with E-state index in [1.54, 1.807) is 0 Å². The van der Waals surface area contributed by atoms with Gasteiger partial charge >= 0.3 is 0 Å². The Hall–Kier alpha value is -2.73. The molecule has 1 saturated heterocycles. The molecule has 0 saturated carbocycles. The molecule has 1 fully saturated rings. The van der Waals surface area contributed by atoms with Crippen molar-refractivity contribution >= 4 is 17.3 Å². The van der Waals surface area contributed by atoms with Crippen LogP contribution in [0.3, 0.4) is 0 Å². The normalized spacial score (nSPS) is 19.1. The predicted molar refractivity (Wildman–Crippen MR) is 116 cm³/mol. The van der Waals surface area contributed by atoms with Crippen LogP contribution in [0.25, 0.3) is 5.82 Å². The molecular weight excluding hydrogens is 366 g/mol. The molecule has 1 N–H and O–H groups in total. The number of aromatic nitrogens is 3. The van der Waals surface area contributed by atoms with Gasteiger partial charge in [-0.25, -0.2) is 4.98 Å². The van der Waals surface area contributed by atoms with Gasteiger partial charge < -0.3 is 14.8 Å². The van der Waals surface area contributed by atoms with Crippen LogP contribution in [0.4, 0.5) is 0 Å². The lowest BCUT2D eigenvalue weighted by Gasteiger charge is -2.27. The van der Waals surface area contributed by atoms with Crippen molar-refractivity contribution < 1.29 is 0 Å². The lowest BCUT2D eigenvalue weighted by Crippen LogP contribution is -2.29. The summed E-state index contributed by atoms with van der Waals surface area (Å²) < 4.78 is 2.23. The van der Waals surface area contributed by atoms with E-state index in [1.807, 2.05) is 30.6 Å². The number of thiocarbonyl (C=S) groups is 1. The van der Waals surface area contributed by atoms with E-state index in [2.05, 4.69) is 70.6 Å². The minimum absolute atomic E-state index is 0.0214. The minimum atomic E-state index is 0.0214. The van der Waals surface area contributed by atoms with Crippen LogP contribution >= 0.6 is 12.2 Å². The van der Waals surface area contributed by atoms with E-state index in [-0.39, 0.29) is 12.1 Å². The third kappa shape index (κ3) is 3.07. The Morgan fingerprint density at radius 3 is 2.57 bits per heavy atom. The Labute approximate surface area is 171 Å². The van der Waals surface area contributed by atoms with Crippen LogP contribution in [0.5, 0.6) is 0 Å². The Balaban J connectivity index is 1.84. The quantitative estimate of drug-likeness (QED) is 0.676. The first-order valence-electron chi connectivity index (χ1n) is 9.61. The molecule has 3 aromatic heterocycles. The maximum atomic E-state index is 5.66. The molecule has 28 heavy (non-hydrogen) atoms. The minimum Gasteiger partial charge on any atom is -0.352 e. The van der Waals surface area contributed by atoms with Crippen molar-refractivity contribution in [3.8, 4) is 5.82 Å². The molecule has 2 atom stereocenters. The van der Waals surface area contributed by atoms with E-state index < -0.39 is 0 Å². The summed E-state index contributed by atoms with van der Waals surface area (Å²) in [6.07, 6.45) is 3.70. The van der Waals surface area contributed by atoms with Gasteiger partial charge in [0.15, 0.2) is 5.11 Å². The lowest BCUT2D eigenvalue weighted by molar-refractivity contribution is 0.329. The van der Waals surface area contributed by atoms with E-state index >= 15 is 0 Å².